The largest absolute Gasteiger partial charge is 0.337 e. The summed E-state index contributed by atoms with van der Waals surface area (Å²) in [6, 6.07) is 10.1. The Labute approximate surface area is 155 Å². The number of carbonyl (C=O) groups is 1. The molecule has 1 amide bonds. The first-order chi connectivity index (χ1) is 12.6. The molecular weight excluding hydrogens is 351 g/mol. The highest BCUT2D eigenvalue weighted by Gasteiger charge is 2.28. The molecule has 1 fully saturated rings. The van der Waals surface area contributed by atoms with Crippen molar-refractivity contribution in [3.63, 3.8) is 0 Å². The third-order valence-corrected chi connectivity index (χ3v) is 5.89. The lowest BCUT2D eigenvalue weighted by atomic mass is 9.97. The average molecular weight is 370 g/mol. The van der Waals surface area contributed by atoms with Crippen LogP contribution < -0.4 is 0 Å². The number of halogens is 1. The van der Waals surface area contributed by atoms with Gasteiger partial charge in [-0.15, -0.1) is 21.5 Å². The summed E-state index contributed by atoms with van der Waals surface area (Å²) in [7, 11) is 1.93. The third-order valence-electron chi connectivity index (χ3n) is 4.77. The van der Waals surface area contributed by atoms with E-state index in [1.807, 2.05) is 28.6 Å². The topological polar surface area (TPSA) is 51.0 Å². The predicted octanol–water partition coefficient (Wildman–Crippen LogP) is 3.70. The minimum Gasteiger partial charge on any atom is -0.337 e. The van der Waals surface area contributed by atoms with Crippen molar-refractivity contribution >= 4 is 17.2 Å². The van der Waals surface area contributed by atoms with E-state index in [9.17, 15) is 9.18 Å². The van der Waals surface area contributed by atoms with E-state index in [2.05, 4.69) is 10.2 Å². The molecule has 3 heterocycles. The van der Waals surface area contributed by atoms with Gasteiger partial charge in [-0.05, 0) is 42.7 Å². The van der Waals surface area contributed by atoms with Crippen molar-refractivity contribution in [3.05, 3.63) is 59.2 Å². The van der Waals surface area contributed by atoms with E-state index in [1.165, 1.54) is 23.5 Å². The number of nitrogens with zero attached hydrogens (tertiary/aromatic N) is 4. The molecule has 0 radical (unpaired) electrons. The van der Waals surface area contributed by atoms with Crippen molar-refractivity contribution in [2.24, 2.45) is 7.05 Å². The summed E-state index contributed by atoms with van der Waals surface area (Å²) in [6.45, 7) is 1.42. The predicted molar refractivity (Wildman–Crippen MR) is 98.6 cm³/mol. The van der Waals surface area contributed by atoms with Gasteiger partial charge in [-0.2, -0.15) is 0 Å². The Morgan fingerprint density at radius 1 is 1.23 bits per heavy atom. The normalized spacial score (nSPS) is 17.5. The fraction of sp³-hybridized carbons (Fsp3) is 0.316. The number of hydrogen-bond acceptors (Lipinski definition) is 4. The smallest absolute Gasteiger partial charge is 0.263 e. The molecule has 7 heteroatoms. The van der Waals surface area contributed by atoms with Gasteiger partial charge in [0.05, 0.1) is 4.88 Å². The number of carbonyl (C=O) groups excluding carboxylic acids is 1. The van der Waals surface area contributed by atoms with Crippen molar-refractivity contribution in [2.75, 3.05) is 13.1 Å². The second kappa shape index (κ2) is 6.99. The van der Waals surface area contributed by atoms with Crippen molar-refractivity contribution in [2.45, 2.75) is 18.8 Å². The SMILES string of the molecule is Cn1cnnc1[C@H]1CCCN(C(=O)c2ccc(-c3ccc(F)cc3)s2)C1. The van der Waals surface area contributed by atoms with Crippen LogP contribution in [0.15, 0.2) is 42.7 Å². The maximum atomic E-state index is 13.1. The minimum atomic E-state index is -0.260. The summed E-state index contributed by atoms with van der Waals surface area (Å²) in [5.74, 6) is 0.942. The second-order valence-corrected chi connectivity index (χ2v) is 7.64. The summed E-state index contributed by atoms with van der Waals surface area (Å²) in [5.41, 5.74) is 0.922. The lowest BCUT2D eigenvalue weighted by Crippen LogP contribution is -2.39. The number of aromatic nitrogens is 3. The van der Waals surface area contributed by atoms with Gasteiger partial charge in [-0.1, -0.05) is 12.1 Å². The molecule has 1 aromatic carbocycles. The lowest BCUT2D eigenvalue weighted by molar-refractivity contribution is 0.0708. The van der Waals surface area contributed by atoms with E-state index in [1.54, 1.807) is 18.5 Å². The van der Waals surface area contributed by atoms with Crippen LogP contribution in [0, 0.1) is 5.82 Å². The number of amides is 1. The molecular formula is C19H19FN4OS. The fourth-order valence-corrected chi connectivity index (χ4v) is 4.39. The molecule has 1 saturated heterocycles. The van der Waals surface area contributed by atoms with E-state index in [0.717, 1.165) is 35.7 Å². The van der Waals surface area contributed by atoms with Crippen LogP contribution in [0.5, 0.6) is 0 Å². The first kappa shape index (κ1) is 16.9. The molecule has 0 N–H and O–H groups in total. The summed E-state index contributed by atoms with van der Waals surface area (Å²) >= 11 is 1.45. The van der Waals surface area contributed by atoms with Gasteiger partial charge in [0.1, 0.15) is 18.0 Å². The zero-order chi connectivity index (χ0) is 18.1. The van der Waals surface area contributed by atoms with Gasteiger partial charge in [0, 0.05) is 30.9 Å². The van der Waals surface area contributed by atoms with Gasteiger partial charge in [0.2, 0.25) is 0 Å². The number of hydrogen-bond donors (Lipinski definition) is 0. The highest BCUT2D eigenvalue weighted by atomic mass is 32.1. The number of thiophene rings is 1. The third kappa shape index (κ3) is 3.26. The van der Waals surface area contributed by atoms with Crippen LogP contribution in [0.1, 0.15) is 34.3 Å². The molecule has 0 saturated carbocycles. The molecule has 0 bridgehead atoms. The van der Waals surface area contributed by atoms with E-state index < -0.39 is 0 Å². The monoisotopic (exact) mass is 370 g/mol. The molecule has 5 nitrogen and oxygen atoms in total. The van der Waals surface area contributed by atoms with Crippen LogP contribution in [-0.2, 0) is 7.05 Å². The van der Waals surface area contributed by atoms with Crippen LogP contribution in [0.4, 0.5) is 4.39 Å². The quantitative estimate of drug-likeness (QED) is 0.706. The zero-order valence-electron chi connectivity index (χ0n) is 14.4. The van der Waals surface area contributed by atoms with Gasteiger partial charge in [-0.3, -0.25) is 4.79 Å². The Morgan fingerprint density at radius 2 is 2.04 bits per heavy atom. The summed E-state index contributed by atoms with van der Waals surface area (Å²) in [4.78, 5) is 16.5. The van der Waals surface area contributed by atoms with Crippen molar-refractivity contribution in [1.82, 2.24) is 19.7 Å². The molecule has 2 aromatic heterocycles. The van der Waals surface area contributed by atoms with Crippen LogP contribution in [0.3, 0.4) is 0 Å². The summed E-state index contributed by atoms with van der Waals surface area (Å²) in [6.07, 6.45) is 3.67. The molecule has 0 aliphatic carbocycles. The van der Waals surface area contributed by atoms with Crippen molar-refractivity contribution in [1.29, 1.82) is 0 Å². The van der Waals surface area contributed by atoms with Gasteiger partial charge in [0.25, 0.3) is 5.91 Å². The van der Waals surface area contributed by atoms with Gasteiger partial charge in [-0.25, -0.2) is 4.39 Å². The fourth-order valence-electron chi connectivity index (χ4n) is 3.41. The zero-order valence-corrected chi connectivity index (χ0v) is 15.2. The molecule has 4 rings (SSSR count). The highest BCUT2D eigenvalue weighted by Crippen LogP contribution is 2.31. The minimum absolute atomic E-state index is 0.0511. The Hall–Kier alpha value is -2.54. The maximum Gasteiger partial charge on any atom is 0.263 e. The first-order valence-electron chi connectivity index (χ1n) is 8.61. The second-order valence-electron chi connectivity index (χ2n) is 6.56. The van der Waals surface area contributed by atoms with Gasteiger partial charge in [0.15, 0.2) is 0 Å². The average Bonchev–Trinajstić information content (AvgIpc) is 3.31. The van der Waals surface area contributed by atoms with Crippen LogP contribution in [0.2, 0.25) is 0 Å². The van der Waals surface area contributed by atoms with Crippen molar-refractivity contribution in [3.8, 4) is 10.4 Å². The molecule has 1 atom stereocenters. The Kier molecular flexibility index (Phi) is 4.55. The van der Waals surface area contributed by atoms with E-state index in [4.69, 9.17) is 0 Å². The summed E-state index contributed by atoms with van der Waals surface area (Å²) < 4.78 is 15.0. The first-order valence-corrected chi connectivity index (χ1v) is 9.42. The van der Waals surface area contributed by atoms with Crippen LogP contribution in [-0.4, -0.2) is 38.7 Å². The molecule has 0 unspecified atom stereocenters. The summed E-state index contributed by atoms with van der Waals surface area (Å²) in [5, 5.41) is 8.16. The number of rotatable bonds is 3. The van der Waals surface area contributed by atoms with E-state index in [0.29, 0.717) is 11.4 Å². The van der Waals surface area contributed by atoms with E-state index in [-0.39, 0.29) is 17.6 Å². The number of piperidine rings is 1. The number of likely N-dealkylation sites (tertiary alicyclic amines) is 1. The molecule has 1 aliphatic rings. The lowest BCUT2D eigenvalue weighted by Gasteiger charge is -2.31. The molecule has 134 valence electrons. The van der Waals surface area contributed by atoms with Gasteiger partial charge < -0.3 is 9.47 Å². The van der Waals surface area contributed by atoms with E-state index >= 15 is 0 Å². The molecule has 26 heavy (non-hydrogen) atoms. The Balaban J connectivity index is 1.50. The van der Waals surface area contributed by atoms with Crippen molar-refractivity contribution < 1.29 is 9.18 Å². The molecule has 3 aromatic rings. The Bertz CT molecular complexity index is 918. The standard InChI is InChI=1S/C19H19FN4OS/c1-23-12-21-22-18(23)14-3-2-10-24(11-14)19(25)17-9-8-16(26-17)13-4-6-15(20)7-5-13/h4-9,12,14H,2-3,10-11H2,1H3/t14-/m0/s1. The number of benzene rings is 1. The molecule has 0 spiro atoms. The number of aryl methyl sites for hydroxylation is 1. The van der Waals surface area contributed by atoms with Gasteiger partial charge >= 0.3 is 0 Å². The van der Waals surface area contributed by atoms with Crippen LogP contribution in [0.25, 0.3) is 10.4 Å². The highest BCUT2D eigenvalue weighted by molar-refractivity contribution is 7.17. The van der Waals surface area contributed by atoms with Crippen LogP contribution >= 0.6 is 11.3 Å². The maximum absolute atomic E-state index is 13.1. The Morgan fingerprint density at radius 3 is 2.77 bits per heavy atom. The molecule has 1 aliphatic heterocycles.